The molecule has 1 amide bonds. The first-order valence-corrected chi connectivity index (χ1v) is 17.1. The summed E-state index contributed by atoms with van der Waals surface area (Å²) in [5.41, 5.74) is 1.35. The summed E-state index contributed by atoms with van der Waals surface area (Å²) in [5.74, 6) is -0.689. The van der Waals surface area contributed by atoms with E-state index in [4.69, 9.17) is 16.3 Å². The number of fused-ring (bicyclic) bond motifs is 3. The number of aliphatic hydroxyl groups excluding tert-OH is 1. The first-order chi connectivity index (χ1) is 22.0. The van der Waals surface area contributed by atoms with Crippen LogP contribution in [0.4, 0.5) is 5.69 Å². The molecular formula is C38H49ClN2O5. The van der Waals surface area contributed by atoms with Crippen molar-refractivity contribution in [3.8, 4) is 5.75 Å². The van der Waals surface area contributed by atoms with Gasteiger partial charge in [0.15, 0.2) is 11.4 Å². The zero-order chi connectivity index (χ0) is 33.2. The number of halogens is 1. The molecule has 2 aromatic carbocycles. The van der Waals surface area contributed by atoms with Crippen molar-refractivity contribution in [3.63, 3.8) is 0 Å². The highest BCUT2D eigenvalue weighted by molar-refractivity contribution is 6.30. The highest BCUT2D eigenvalue weighted by Gasteiger charge is 2.49. The van der Waals surface area contributed by atoms with Gasteiger partial charge in [-0.15, -0.1) is 13.2 Å². The van der Waals surface area contributed by atoms with Crippen molar-refractivity contribution < 1.29 is 24.5 Å². The van der Waals surface area contributed by atoms with Crippen LogP contribution in [-0.4, -0.2) is 66.2 Å². The van der Waals surface area contributed by atoms with Crippen LogP contribution in [0.25, 0.3) is 0 Å². The molecule has 0 bridgehead atoms. The van der Waals surface area contributed by atoms with E-state index in [1.54, 1.807) is 30.2 Å². The number of benzene rings is 2. The van der Waals surface area contributed by atoms with Crippen LogP contribution in [0, 0.1) is 17.8 Å². The van der Waals surface area contributed by atoms with E-state index in [1.807, 2.05) is 25.1 Å². The van der Waals surface area contributed by atoms with Gasteiger partial charge in [0.05, 0.1) is 24.3 Å². The number of nitrogens with zero attached hydrogens (tertiary/aromatic N) is 2. The van der Waals surface area contributed by atoms with Crippen molar-refractivity contribution in [1.29, 1.82) is 0 Å². The summed E-state index contributed by atoms with van der Waals surface area (Å²) in [7, 11) is 1.70. The fourth-order valence-electron chi connectivity index (χ4n) is 8.04. The smallest absolute Gasteiger partial charge is 0.229 e. The molecule has 2 aromatic rings. The topological polar surface area (TPSA) is 90.3 Å². The van der Waals surface area contributed by atoms with Gasteiger partial charge in [0, 0.05) is 37.1 Å². The first kappa shape index (κ1) is 34.2. The minimum Gasteiger partial charge on any atom is -0.490 e. The normalized spacial score (nSPS) is 24.6. The van der Waals surface area contributed by atoms with Crippen LogP contribution in [0.1, 0.15) is 69.1 Å². The van der Waals surface area contributed by atoms with E-state index in [0.717, 1.165) is 42.8 Å². The first-order valence-electron chi connectivity index (χ1n) is 16.7. The Hall–Kier alpha value is -3.13. The van der Waals surface area contributed by atoms with E-state index in [9.17, 15) is 19.8 Å². The third-order valence-corrected chi connectivity index (χ3v) is 11.1. The Morgan fingerprint density at radius 3 is 2.67 bits per heavy atom. The van der Waals surface area contributed by atoms with Gasteiger partial charge >= 0.3 is 0 Å². The number of amides is 1. The molecule has 1 heterocycles. The van der Waals surface area contributed by atoms with Crippen LogP contribution in [0.15, 0.2) is 61.7 Å². The van der Waals surface area contributed by atoms with Crippen molar-refractivity contribution in [2.24, 2.45) is 17.8 Å². The monoisotopic (exact) mass is 648 g/mol. The molecule has 1 spiro atoms. The number of ketones is 1. The zero-order valence-corrected chi connectivity index (χ0v) is 28.3. The molecular weight excluding hydrogens is 600 g/mol. The molecule has 2 aliphatic carbocycles. The molecule has 0 unspecified atom stereocenters. The maximum atomic E-state index is 13.7. The summed E-state index contributed by atoms with van der Waals surface area (Å²) in [5, 5.41) is 23.7. The Morgan fingerprint density at radius 1 is 1.24 bits per heavy atom. The standard InChI is InChI=1S/C38H49ClN2O5/c1-6-9-19-40(5)36(44)31(7-2)38(45,25(4)42)28-13-17-35-33(21-28)41(22-27-12-15-30(27)34(43)8-3)23-37(24-46-35)18-10-11-26-20-29(39)14-16-32(26)37/h6,8,13-14,16-17,20-21,27,30-31,34,43,45H,1,3,7,9-12,15,18-19,22-24H2,2,4-5H3/t27-,30+,31-,34-,37-,38-/m0/s1. The number of rotatable bonds is 12. The molecule has 6 atom stereocenters. The SMILES string of the molecule is C=CCCN(C)C(=O)[C@H](CC)[C@](O)(C(C)=O)c1ccc2c(c1)N(C[C@@H]1CC[C@H]1[C@@H](O)C=C)C[C@@]1(CCCc3cc(Cl)ccc31)CO2. The fraction of sp³-hybridized carbons (Fsp3) is 0.526. The van der Waals surface area contributed by atoms with E-state index < -0.39 is 23.4 Å². The van der Waals surface area contributed by atoms with Crippen LogP contribution in [0.3, 0.4) is 0 Å². The highest BCUT2D eigenvalue weighted by Crippen LogP contribution is 2.48. The van der Waals surface area contributed by atoms with Crippen LogP contribution in [0.5, 0.6) is 5.75 Å². The molecule has 1 saturated carbocycles. The van der Waals surface area contributed by atoms with Gasteiger partial charge in [-0.1, -0.05) is 42.8 Å². The molecule has 0 radical (unpaired) electrons. The predicted octanol–water partition coefficient (Wildman–Crippen LogP) is 6.22. The lowest BCUT2D eigenvalue weighted by atomic mass is 9.68. The summed E-state index contributed by atoms with van der Waals surface area (Å²) in [6, 6.07) is 11.6. The number of hydrogen-bond acceptors (Lipinski definition) is 6. The number of ether oxygens (including phenoxy) is 1. The van der Waals surface area contributed by atoms with Gasteiger partial charge < -0.3 is 24.7 Å². The minimum absolute atomic E-state index is 0.115. The van der Waals surface area contributed by atoms with E-state index >= 15 is 0 Å². The summed E-state index contributed by atoms with van der Waals surface area (Å²) < 4.78 is 6.64. The van der Waals surface area contributed by atoms with Crippen LogP contribution in [0.2, 0.25) is 5.02 Å². The lowest BCUT2D eigenvalue weighted by Crippen LogP contribution is -2.50. The Kier molecular flexibility index (Phi) is 10.4. The van der Waals surface area contributed by atoms with Crippen molar-refractivity contribution in [3.05, 3.63) is 83.4 Å². The Morgan fingerprint density at radius 2 is 2.02 bits per heavy atom. The summed E-state index contributed by atoms with van der Waals surface area (Å²) >= 11 is 6.43. The molecule has 2 N–H and O–H groups in total. The van der Waals surface area contributed by atoms with Gasteiger partial charge in [-0.3, -0.25) is 9.59 Å². The van der Waals surface area contributed by atoms with Gasteiger partial charge in [0.25, 0.3) is 0 Å². The van der Waals surface area contributed by atoms with Gasteiger partial charge in [-0.2, -0.15) is 0 Å². The van der Waals surface area contributed by atoms with E-state index in [2.05, 4.69) is 30.2 Å². The van der Waals surface area contributed by atoms with Crippen LogP contribution < -0.4 is 9.64 Å². The number of aryl methyl sites for hydroxylation is 1. The van der Waals surface area contributed by atoms with Crippen LogP contribution in [-0.2, 0) is 27.0 Å². The van der Waals surface area contributed by atoms with Gasteiger partial charge in [0.2, 0.25) is 5.91 Å². The molecule has 3 aliphatic rings. The Balaban J connectivity index is 1.58. The highest BCUT2D eigenvalue weighted by atomic mass is 35.5. The predicted molar refractivity (Wildman–Crippen MR) is 183 cm³/mol. The molecule has 1 fully saturated rings. The van der Waals surface area contributed by atoms with Crippen molar-refractivity contribution in [2.45, 2.75) is 75.9 Å². The largest absolute Gasteiger partial charge is 0.490 e. The zero-order valence-electron chi connectivity index (χ0n) is 27.5. The second-order valence-electron chi connectivity index (χ2n) is 13.6. The van der Waals surface area contributed by atoms with E-state index in [-0.39, 0.29) is 29.6 Å². The van der Waals surface area contributed by atoms with Crippen molar-refractivity contribution in [1.82, 2.24) is 4.90 Å². The number of carbonyl (C=O) groups excluding carboxylic acids is 2. The molecule has 5 rings (SSSR count). The van der Waals surface area contributed by atoms with Crippen molar-refractivity contribution >= 4 is 29.0 Å². The summed E-state index contributed by atoms with van der Waals surface area (Å²) in [4.78, 5) is 31.0. The molecule has 1 aliphatic heterocycles. The number of Topliss-reactive ketones (excluding diaryl/α,β-unsaturated/α-hetero) is 1. The summed E-state index contributed by atoms with van der Waals surface area (Å²) in [6.07, 6.45) is 8.54. The molecule has 46 heavy (non-hydrogen) atoms. The Labute approximate surface area is 278 Å². The van der Waals surface area contributed by atoms with Gasteiger partial charge in [0.1, 0.15) is 5.75 Å². The number of hydrogen-bond donors (Lipinski definition) is 2. The molecule has 248 valence electrons. The van der Waals surface area contributed by atoms with Gasteiger partial charge in [-0.25, -0.2) is 0 Å². The fourth-order valence-corrected chi connectivity index (χ4v) is 8.23. The second-order valence-corrected chi connectivity index (χ2v) is 14.1. The third-order valence-electron chi connectivity index (χ3n) is 10.9. The average molecular weight is 649 g/mol. The van der Waals surface area contributed by atoms with Crippen LogP contribution >= 0.6 is 11.6 Å². The molecule has 0 saturated heterocycles. The summed E-state index contributed by atoms with van der Waals surface area (Å²) in [6.45, 7) is 13.0. The lowest BCUT2D eigenvalue weighted by molar-refractivity contribution is -0.156. The second kappa shape index (κ2) is 13.9. The van der Waals surface area contributed by atoms with Gasteiger partial charge in [-0.05, 0) is 105 Å². The molecule has 8 heteroatoms. The van der Waals surface area contributed by atoms with E-state index in [1.165, 1.54) is 18.1 Å². The number of anilines is 1. The Bertz CT molecular complexity index is 1480. The average Bonchev–Trinajstić information content (AvgIpc) is 3.18. The molecule has 7 nitrogen and oxygen atoms in total. The van der Waals surface area contributed by atoms with Crippen molar-refractivity contribution in [2.75, 3.05) is 38.2 Å². The number of carbonyl (C=O) groups is 2. The lowest BCUT2D eigenvalue weighted by Gasteiger charge is -2.45. The maximum absolute atomic E-state index is 13.7. The maximum Gasteiger partial charge on any atom is 0.229 e. The number of aliphatic hydroxyl groups is 2. The molecule has 0 aromatic heterocycles. The van der Waals surface area contributed by atoms with E-state index in [0.29, 0.717) is 44.0 Å². The third kappa shape index (κ3) is 6.26. The quantitative estimate of drug-likeness (QED) is 0.266. The minimum atomic E-state index is -2.02.